The summed E-state index contributed by atoms with van der Waals surface area (Å²) in [4.78, 5) is 14.4. The fraction of sp³-hybridized carbons (Fsp3) is 0.132. The molecule has 0 amide bonds. The second-order valence-corrected chi connectivity index (χ2v) is 23.8. The molecule has 6 nitrogen and oxygen atoms in total. The Hall–Kier alpha value is -9.78. The van der Waals surface area contributed by atoms with Crippen molar-refractivity contribution in [2.24, 2.45) is 0 Å². The molecule has 82 heavy (non-hydrogen) atoms. The molecule has 0 atom stereocenters. The van der Waals surface area contributed by atoms with Gasteiger partial charge >= 0.3 is 0 Å². The van der Waals surface area contributed by atoms with Crippen LogP contribution in [0.15, 0.2) is 280 Å². The van der Waals surface area contributed by atoms with Gasteiger partial charge in [-0.05, 0) is 181 Å². The van der Waals surface area contributed by atoms with Gasteiger partial charge < -0.3 is 9.13 Å². The Balaban J connectivity index is 0.973. The van der Waals surface area contributed by atoms with Crippen LogP contribution >= 0.6 is 0 Å². The van der Waals surface area contributed by atoms with E-state index in [1.54, 1.807) is 0 Å². The molecule has 0 unspecified atom stereocenters. The highest BCUT2D eigenvalue weighted by Gasteiger charge is 2.48. The van der Waals surface area contributed by atoms with E-state index in [0.717, 1.165) is 45.8 Å². The number of nitrogens with zero attached hydrogens (tertiary/aromatic N) is 6. The van der Waals surface area contributed by atoms with E-state index in [4.69, 9.17) is 9.97 Å². The lowest BCUT2D eigenvalue weighted by atomic mass is 9.67. The van der Waals surface area contributed by atoms with E-state index in [1.807, 2.05) is 36.9 Å². The molecule has 0 saturated carbocycles. The molecule has 2 aliphatic carbocycles. The molecule has 0 fully saturated rings. The average molecular weight is 1060 g/mol. The van der Waals surface area contributed by atoms with Gasteiger partial charge in [0.1, 0.15) is 11.6 Å². The Morgan fingerprint density at radius 3 is 0.963 bits per heavy atom. The van der Waals surface area contributed by atoms with Crippen molar-refractivity contribution in [2.75, 3.05) is 9.80 Å². The maximum absolute atomic E-state index is 4.78. The number of benzene rings is 8. The second-order valence-electron chi connectivity index (χ2n) is 23.8. The van der Waals surface area contributed by atoms with E-state index in [0.29, 0.717) is 0 Å². The summed E-state index contributed by atoms with van der Waals surface area (Å²) in [6.07, 6.45) is 7.70. The molecule has 8 aromatic carbocycles. The van der Waals surface area contributed by atoms with E-state index in [2.05, 4.69) is 303 Å². The van der Waals surface area contributed by atoms with Crippen molar-refractivity contribution in [3.63, 3.8) is 0 Å². The third kappa shape index (κ3) is 7.76. The first-order chi connectivity index (χ1) is 40.0. The highest BCUT2D eigenvalue weighted by atomic mass is 15.3. The Morgan fingerprint density at radius 2 is 0.634 bits per heavy atom. The van der Waals surface area contributed by atoms with Gasteiger partial charge in [0, 0.05) is 34.8 Å². The van der Waals surface area contributed by atoms with Crippen molar-refractivity contribution in [2.45, 2.75) is 63.5 Å². The normalized spacial score (nSPS) is 13.7. The molecule has 4 heterocycles. The molecule has 0 saturated heterocycles. The van der Waals surface area contributed by atoms with Gasteiger partial charge in [0.25, 0.3) is 0 Å². The SMILES string of the molecule is CC(C)(C)n1c(-c2ccc(N(c3cccnc3)c3ccc4c(c3)C(c3ccccc3)(c3ccccc3)c3ccccc3-4)n2C(C)(C)C)ccc1N(c1cccnc1)c1ccc2c(c1)C(c1ccccc1)(c1ccccc1)c1ccccc1-2. The van der Waals surface area contributed by atoms with Gasteiger partial charge in [0.15, 0.2) is 0 Å². The Bertz CT molecular complexity index is 3930. The lowest BCUT2D eigenvalue weighted by Crippen LogP contribution is -2.30. The standard InChI is InChI=1S/C76H64N6/c1-73(2,3)81-69(43-45-71(81)79(59-33-23-47-77-51-59)57-39-41-63-61-35-19-21-37-65(61)75(67(63)49-57,53-25-11-7-12-26-53)54-27-13-8-14-28-54)70-44-46-72(82(70)74(4,5)6)80(60-34-24-48-78-52-60)58-40-42-64-62-36-20-22-38-66(62)76(68(64)50-58,55-29-15-9-16-30-55)56-31-17-10-18-32-56/h7-52H,1-6H3. The monoisotopic (exact) mass is 1060 g/mol. The maximum atomic E-state index is 4.78. The first kappa shape index (κ1) is 50.4. The van der Waals surface area contributed by atoms with Crippen LogP contribution in [-0.2, 0) is 21.9 Å². The quantitative estimate of drug-likeness (QED) is 0.129. The van der Waals surface area contributed by atoms with Gasteiger partial charge in [-0.2, -0.15) is 0 Å². The van der Waals surface area contributed by atoms with Crippen LogP contribution in [0.25, 0.3) is 33.6 Å². The van der Waals surface area contributed by atoms with Crippen molar-refractivity contribution in [1.82, 2.24) is 19.1 Å². The van der Waals surface area contributed by atoms with E-state index in [-0.39, 0.29) is 0 Å². The summed E-state index contributed by atoms with van der Waals surface area (Å²) in [6, 6.07) is 94.0. The molecule has 6 heteroatoms. The molecule has 0 aliphatic heterocycles. The summed E-state index contributed by atoms with van der Waals surface area (Å²) in [7, 11) is 0. The number of aromatic nitrogens is 4. The van der Waals surface area contributed by atoms with Gasteiger partial charge in [-0.25, -0.2) is 0 Å². The summed E-state index contributed by atoms with van der Waals surface area (Å²) in [6.45, 7) is 13.9. The van der Waals surface area contributed by atoms with Crippen molar-refractivity contribution in [3.05, 3.63) is 324 Å². The summed E-state index contributed by atoms with van der Waals surface area (Å²) in [5.41, 5.74) is 19.2. The molecule has 0 radical (unpaired) electrons. The zero-order valence-corrected chi connectivity index (χ0v) is 47.2. The Morgan fingerprint density at radius 1 is 0.305 bits per heavy atom. The average Bonchev–Trinajstić information content (AvgIpc) is 4.48. The number of anilines is 6. The number of fused-ring (bicyclic) bond motifs is 6. The third-order valence-electron chi connectivity index (χ3n) is 17.0. The molecule has 0 spiro atoms. The van der Waals surface area contributed by atoms with Crippen molar-refractivity contribution in [3.8, 4) is 33.6 Å². The molecule has 14 rings (SSSR count). The predicted molar refractivity (Wildman–Crippen MR) is 337 cm³/mol. The van der Waals surface area contributed by atoms with E-state index in [1.165, 1.54) is 66.8 Å². The van der Waals surface area contributed by atoms with Crippen LogP contribution in [0, 0.1) is 0 Å². The Labute approximate surface area is 481 Å². The van der Waals surface area contributed by atoms with Crippen molar-refractivity contribution >= 4 is 34.4 Å². The fourth-order valence-corrected chi connectivity index (χ4v) is 14.0. The van der Waals surface area contributed by atoms with E-state index in [9.17, 15) is 0 Å². The molecule has 12 aromatic rings. The van der Waals surface area contributed by atoms with Crippen molar-refractivity contribution < 1.29 is 0 Å². The summed E-state index contributed by atoms with van der Waals surface area (Å²) < 4.78 is 5.06. The Kier molecular flexibility index (Phi) is 12.0. The van der Waals surface area contributed by atoms with Crippen LogP contribution in [0.3, 0.4) is 0 Å². The predicted octanol–water partition coefficient (Wildman–Crippen LogP) is 18.9. The molecule has 0 N–H and O–H groups in total. The van der Waals surface area contributed by atoms with Gasteiger partial charge in [0.05, 0.1) is 46.0 Å². The van der Waals surface area contributed by atoms with Crippen LogP contribution in [0.2, 0.25) is 0 Å². The van der Waals surface area contributed by atoms with Crippen LogP contribution in [0.5, 0.6) is 0 Å². The zero-order chi connectivity index (χ0) is 55.8. The highest BCUT2D eigenvalue weighted by Crippen LogP contribution is 2.59. The summed E-state index contributed by atoms with van der Waals surface area (Å²) in [5.74, 6) is 2.05. The van der Waals surface area contributed by atoms with Crippen LogP contribution < -0.4 is 9.80 Å². The van der Waals surface area contributed by atoms with Gasteiger partial charge in [0.2, 0.25) is 0 Å². The maximum Gasteiger partial charge on any atom is 0.118 e. The topological polar surface area (TPSA) is 42.1 Å². The number of rotatable bonds is 11. The van der Waals surface area contributed by atoms with Gasteiger partial charge in [-0.15, -0.1) is 0 Å². The molecular weight excluding hydrogens is 997 g/mol. The van der Waals surface area contributed by atoms with Crippen LogP contribution in [0.4, 0.5) is 34.4 Å². The molecule has 398 valence electrons. The lowest BCUT2D eigenvalue weighted by molar-refractivity contribution is 0.390. The zero-order valence-electron chi connectivity index (χ0n) is 47.2. The van der Waals surface area contributed by atoms with Crippen molar-refractivity contribution in [1.29, 1.82) is 0 Å². The molecule has 0 bridgehead atoms. The fourth-order valence-electron chi connectivity index (χ4n) is 14.0. The second kappa shape index (κ2) is 19.5. The molecule has 4 aromatic heterocycles. The molecular formula is C76H64N6. The minimum absolute atomic E-state index is 0.400. The van der Waals surface area contributed by atoms with Gasteiger partial charge in [-0.3, -0.25) is 19.8 Å². The number of hydrogen-bond acceptors (Lipinski definition) is 4. The largest absolute Gasteiger partial charge is 0.320 e. The summed E-state index contributed by atoms with van der Waals surface area (Å²) in [5, 5.41) is 0. The first-order valence-corrected chi connectivity index (χ1v) is 28.5. The first-order valence-electron chi connectivity index (χ1n) is 28.5. The highest BCUT2D eigenvalue weighted by molar-refractivity contribution is 5.92. The smallest absolute Gasteiger partial charge is 0.118 e. The summed E-state index contributed by atoms with van der Waals surface area (Å²) >= 11 is 0. The third-order valence-corrected chi connectivity index (χ3v) is 17.0. The van der Waals surface area contributed by atoms with Crippen LogP contribution in [0.1, 0.15) is 86.1 Å². The minimum atomic E-state index is -0.570. The van der Waals surface area contributed by atoms with E-state index >= 15 is 0 Å². The lowest BCUT2D eigenvalue weighted by Gasteiger charge is -2.37. The van der Waals surface area contributed by atoms with Gasteiger partial charge in [-0.1, -0.05) is 182 Å². The number of pyridine rings is 2. The van der Waals surface area contributed by atoms with Crippen LogP contribution in [-0.4, -0.2) is 19.1 Å². The number of hydrogen-bond donors (Lipinski definition) is 0. The molecule has 2 aliphatic rings. The van der Waals surface area contributed by atoms with E-state index < -0.39 is 21.9 Å². The minimum Gasteiger partial charge on any atom is -0.320 e.